The van der Waals surface area contributed by atoms with Crippen LogP contribution in [0.1, 0.15) is 25.0 Å². The average Bonchev–Trinajstić information content (AvgIpc) is 3.74. The van der Waals surface area contributed by atoms with E-state index in [0.29, 0.717) is 0 Å². The highest BCUT2D eigenvalue weighted by Gasteiger charge is 2.41. The van der Waals surface area contributed by atoms with Gasteiger partial charge >= 0.3 is 0 Å². The molecule has 0 fully saturated rings. The summed E-state index contributed by atoms with van der Waals surface area (Å²) in [4.78, 5) is 0. The van der Waals surface area contributed by atoms with Crippen molar-refractivity contribution in [2.75, 3.05) is 0 Å². The summed E-state index contributed by atoms with van der Waals surface area (Å²) in [5, 5.41) is 7.09. The van der Waals surface area contributed by atoms with E-state index in [9.17, 15) is 0 Å². The molecule has 42 heavy (non-hydrogen) atoms. The molecular weight excluding hydrogens is 514 g/mol. The van der Waals surface area contributed by atoms with E-state index in [1.54, 1.807) is 0 Å². The topological polar surface area (TPSA) is 31.2 Å². The highest BCUT2D eigenvalue weighted by atomic mass is 16.3. The maximum Gasteiger partial charge on any atom is 0.144 e. The largest absolute Gasteiger partial charge is 0.456 e. The van der Waals surface area contributed by atoms with Crippen LogP contribution in [0.25, 0.3) is 82.5 Å². The van der Waals surface area contributed by atoms with Gasteiger partial charge in [-0.1, -0.05) is 92.7 Å². The number of fused-ring (bicyclic) bond motifs is 15. The van der Waals surface area contributed by atoms with Crippen LogP contribution in [0.3, 0.4) is 0 Å². The molecule has 0 amide bonds. The average molecular weight is 540 g/mol. The molecule has 0 saturated heterocycles. The zero-order valence-corrected chi connectivity index (χ0v) is 23.2. The van der Waals surface area contributed by atoms with Gasteiger partial charge in [0.05, 0.1) is 11.0 Å². The van der Waals surface area contributed by atoms with Gasteiger partial charge < -0.3 is 13.4 Å². The third-order valence-corrected chi connectivity index (χ3v) is 9.55. The van der Waals surface area contributed by atoms with E-state index in [2.05, 4.69) is 122 Å². The van der Waals surface area contributed by atoms with E-state index in [-0.39, 0.29) is 5.41 Å². The lowest BCUT2D eigenvalue weighted by Gasteiger charge is -2.24. The molecule has 0 bridgehead atoms. The Labute approximate surface area is 241 Å². The van der Waals surface area contributed by atoms with E-state index in [1.807, 2.05) is 12.1 Å². The third-order valence-electron chi connectivity index (χ3n) is 9.55. The highest BCUT2D eigenvalue weighted by molar-refractivity contribution is 6.31. The van der Waals surface area contributed by atoms with Crippen LogP contribution in [-0.4, -0.2) is 4.57 Å². The molecule has 3 heterocycles. The second kappa shape index (κ2) is 7.51. The molecule has 0 saturated carbocycles. The number of hydrogen-bond donors (Lipinski definition) is 0. The molecule has 0 atom stereocenters. The summed E-state index contributed by atoms with van der Waals surface area (Å²) in [6, 6.07) is 41.1. The van der Waals surface area contributed by atoms with E-state index in [4.69, 9.17) is 8.83 Å². The minimum Gasteiger partial charge on any atom is -0.456 e. The monoisotopic (exact) mass is 539 g/mol. The maximum absolute atomic E-state index is 6.79. The summed E-state index contributed by atoms with van der Waals surface area (Å²) in [5.74, 6) is 0. The fourth-order valence-electron chi connectivity index (χ4n) is 7.80. The Kier molecular flexibility index (Phi) is 4.01. The van der Waals surface area contributed by atoms with Crippen LogP contribution < -0.4 is 0 Å². The van der Waals surface area contributed by atoms with Crippen molar-refractivity contribution in [1.29, 1.82) is 0 Å². The summed E-state index contributed by atoms with van der Waals surface area (Å²) in [7, 11) is 0. The number of para-hydroxylation sites is 3. The van der Waals surface area contributed by atoms with Crippen LogP contribution in [0.5, 0.6) is 0 Å². The first-order chi connectivity index (χ1) is 20.6. The van der Waals surface area contributed by atoms with Gasteiger partial charge in [0, 0.05) is 49.0 Å². The molecule has 198 valence electrons. The first kappa shape index (κ1) is 22.4. The molecule has 0 aliphatic heterocycles. The summed E-state index contributed by atoms with van der Waals surface area (Å²) >= 11 is 0. The summed E-state index contributed by atoms with van der Waals surface area (Å²) in [5.41, 5.74) is 12.2. The van der Waals surface area contributed by atoms with Gasteiger partial charge in [-0.2, -0.15) is 0 Å². The summed E-state index contributed by atoms with van der Waals surface area (Å²) < 4.78 is 15.5. The second-order valence-corrected chi connectivity index (χ2v) is 12.1. The predicted octanol–water partition coefficient (Wildman–Crippen LogP) is 10.9. The number of aromatic nitrogens is 1. The lowest BCUT2D eigenvalue weighted by Crippen LogP contribution is -2.16. The molecule has 0 spiro atoms. The maximum atomic E-state index is 6.79. The standard InChI is InChI=1S/C39H25NO2/c1-39(2)28-15-7-3-12-24(28)35-36(39)37-33(34-26-14-6-10-18-31(26)42-38(34)35)25-13-4-8-16-29(25)40(37)22-19-20-32-27(21-22)23-11-5-9-17-30(23)41-32/h3-21H,1-2H3. The molecule has 6 aromatic carbocycles. The first-order valence-electron chi connectivity index (χ1n) is 14.5. The summed E-state index contributed by atoms with van der Waals surface area (Å²) in [6.45, 7) is 4.72. The Morgan fingerprint density at radius 3 is 2.10 bits per heavy atom. The molecule has 3 nitrogen and oxygen atoms in total. The molecular formula is C39H25NO2. The van der Waals surface area contributed by atoms with Gasteiger partial charge in [-0.15, -0.1) is 0 Å². The van der Waals surface area contributed by atoms with Crippen molar-refractivity contribution < 1.29 is 8.83 Å². The van der Waals surface area contributed by atoms with E-state index in [0.717, 1.165) is 44.2 Å². The Bertz CT molecular complexity index is 2610. The van der Waals surface area contributed by atoms with Crippen molar-refractivity contribution in [3.63, 3.8) is 0 Å². The number of benzene rings is 6. The smallest absolute Gasteiger partial charge is 0.144 e. The van der Waals surface area contributed by atoms with Crippen LogP contribution in [0, 0.1) is 0 Å². The number of furan rings is 2. The molecule has 0 N–H and O–H groups in total. The van der Waals surface area contributed by atoms with Gasteiger partial charge in [0.1, 0.15) is 22.3 Å². The Morgan fingerprint density at radius 2 is 1.24 bits per heavy atom. The van der Waals surface area contributed by atoms with Crippen molar-refractivity contribution in [2.24, 2.45) is 0 Å². The fourth-order valence-corrected chi connectivity index (χ4v) is 7.80. The lowest BCUT2D eigenvalue weighted by atomic mass is 9.81. The SMILES string of the molecule is CC1(C)c2ccccc2-c2c1c1c(c3ccccc3n1-c1ccc3oc4ccccc4c3c1)c1c2oc2ccccc21. The Hall–Kier alpha value is -5.28. The van der Waals surface area contributed by atoms with Gasteiger partial charge in [0.15, 0.2) is 0 Å². The molecule has 3 aromatic heterocycles. The quantitative estimate of drug-likeness (QED) is 0.208. The Morgan fingerprint density at radius 1 is 0.571 bits per heavy atom. The highest BCUT2D eigenvalue weighted by Crippen LogP contribution is 2.57. The second-order valence-electron chi connectivity index (χ2n) is 12.1. The minimum atomic E-state index is -0.226. The van der Waals surface area contributed by atoms with Gasteiger partial charge in [0.25, 0.3) is 0 Å². The molecule has 0 radical (unpaired) electrons. The van der Waals surface area contributed by atoms with Gasteiger partial charge in [0.2, 0.25) is 0 Å². The van der Waals surface area contributed by atoms with E-state index in [1.165, 1.54) is 49.4 Å². The zero-order valence-electron chi connectivity index (χ0n) is 23.2. The zero-order chi connectivity index (χ0) is 27.7. The normalized spacial score (nSPS) is 14.1. The first-order valence-corrected chi connectivity index (χ1v) is 14.5. The molecule has 1 aliphatic carbocycles. The molecule has 3 heteroatoms. The van der Waals surface area contributed by atoms with Gasteiger partial charge in [-0.3, -0.25) is 0 Å². The molecule has 0 unspecified atom stereocenters. The van der Waals surface area contributed by atoms with Crippen molar-refractivity contribution >= 4 is 65.7 Å². The minimum absolute atomic E-state index is 0.226. The van der Waals surface area contributed by atoms with Crippen molar-refractivity contribution in [3.05, 3.63) is 126 Å². The van der Waals surface area contributed by atoms with Gasteiger partial charge in [-0.05, 0) is 53.1 Å². The van der Waals surface area contributed by atoms with Crippen LogP contribution >= 0.6 is 0 Å². The van der Waals surface area contributed by atoms with Crippen molar-refractivity contribution in [2.45, 2.75) is 19.3 Å². The predicted molar refractivity (Wildman–Crippen MR) is 173 cm³/mol. The molecule has 9 aromatic rings. The fraction of sp³-hybridized carbons (Fsp3) is 0.0769. The van der Waals surface area contributed by atoms with E-state index < -0.39 is 0 Å². The van der Waals surface area contributed by atoms with Gasteiger partial charge in [-0.25, -0.2) is 0 Å². The number of hydrogen-bond acceptors (Lipinski definition) is 2. The van der Waals surface area contributed by atoms with Crippen LogP contribution in [-0.2, 0) is 5.41 Å². The number of rotatable bonds is 1. The van der Waals surface area contributed by atoms with Crippen LogP contribution in [0.2, 0.25) is 0 Å². The van der Waals surface area contributed by atoms with Crippen molar-refractivity contribution in [3.8, 4) is 16.8 Å². The molecule has 1 aliphatic rings. The number of nitrogens with zero attached hydrogens (tertiary/aromatic N) is 1. The van der Waals surface area contributed by atoms with Crippen LogP contribution in [0.4, 0.5) is 0 Å². The lowest BCUT2D eigenvalue weighted by molar-refractivity contribution is 0.656. The molecule has 10 rings (SSSR count). The van der Waals surface area contributed by atoms with E-state index >= 15 is 0 Å². The van der Waals surface area contributed by atoms with Crippen LogP contribution in [0.15, 0.2) is 124 Å². The summed E-state index contributed by atoms with van der Waals surface area (Å²) in [6.07, 6.45) is 0. The third kappa shape index (κ3) is 2.58. The Balaban J connectivity index is 1.49. The van der Waals surface area contributed by atoms with Crippen molar-refractivity contribution in [1.82, 2.24) is 4.57 Å².